The lowest BCUT2D eigenvalue weighted by atomic mass is 9.99. The van der Waals surface area contributed by atoms with Crippen molar-refractivity contribution in [2.24, 2.45) is 0 Å². The van der Waals surface area contributed by atoms with E-state index in [-0.39, 0.29) is 0 Å². The van der Waals surface area contributed by atoms with Crippen molar-refractivity contribution in [2.75, 3.05) is 0 Å². The van der Waals surface area contributed by atoms with Crippen LogP contribution in [0.1, 0.15) is 5.56 Å². The fraction of sp³-hybridized carbons (Fsp3) is 0.0286. The van der Waals surface area contributed by atoms with Crippen molar-refractivity contribution in [1.82, 2.24) is 9.97 Å². The van der Waals surface area contributed by atoms with Crippen LogP contribution in [0.15, 0.2) is 132 Å². The third kappa shape index (κ3) is 3.95. The number of nitrogens with zero attached hydrogens (tertiary/aromatic N) is 2. The van der Waals surface area contributed by atoms with Gasteiger partial charge in [-0.2, -0.15) is 0 Å². The molecule has 0 N–H and O–H groups in total. The summed E-state index contributed by atoms with van der Waals surface area (Å²) in [5, 5.41) is 2.27. The molecule has 0 saturated heterocycles. The van der Waals surface area contributed by atoms with E-state index in [4.69, 9.17) is 14.4 Å². The molecular formula is C35H24N2O. The first-order valence-corrected chi connectivity index (χ1v) is 12.8. The molecule has 0 saturated carbocycles. The number of aryl methyl sites for hydroxylation is 1. The van der Waals surface area contributed by atoms with Crippen molar-refractivity contribution in [3.05, 3.63) is 133 Å². The van der Waals surface area contributed by atoms with Crippen LogP contribution in [0.2, 0.25) is 0 Å². The van der Waals surface area contributed by atoms with Crippen molar-refractivity contribution in [1.29, 1.82) is 0 Å². The second-order valence-corrected chi connectivity index (χ2v) is 9.56. The predicted octanol–water partition coefficient (Wildman–Crippen LogP) is 9.35. The van der Waals surface area contributed by atoms with Gasteiger partial charge in [0.05, 0.1) is 11.4 Å². The highest BCUT2D eigenvalue weighted by atomic mass is 16.3. The number of aromatic nitrogens is 2. The lowest BCUT2D eigenvalue weighted by molar-refractivity contribution is 0.670. The molecule has 0 atom stereocenters. The highest BCUT2D eigenvalue weighted by Gasteiger charge is 2.15. The second-order valence-electron chi connectivity index (χ2n) is 9.56. The molecular weight excluding hydrogens is 464 g/mol. The zero-order valence-corrected chi connectivity index (χ0v) is 20.9. The van der Waals surface area contributed by atoms with E-state index < -0.39 is 0 Å². The van der Waals surface area contributed by atoms with Crippen molar-refractivity contribution in [3.63, 3.8) is 0 Å². The molecule has 0 radical (unpaired) electrons. The van der Waals surface area contributed by atoms with Crippen LogP contribution < -0.4 is 0 Å². The maximum Gasteiger partial charge on any atom is 0.160 e. The van der Waals surface area contributed by atoms with Gasteiger partial charge in [0.2, 0.25) is 0 Å². The molecule has 3 nitrogen and oxygen atoms in total. The average Bonchev–Trinajstić information content (AvgIpc) is 3.36. The predicted molar refractivity (Wildman–Crippen MR) is 156 cm³/mol. The van der Waals surface area contributed by atoms with Gasteiger partial charge in [-0.3, -0.25) is 0 Å². The lowest BCUT2D eigenvalue weighted by Gasteiger charge is -2.10. The molecule has 38 heavy (non-hydrogen) atoms. The Balaban J connectivity index is 1.40. The minimum Gasteiger partial charge on any atom is -0.455 e. The number of fused-ring (bicyclic) bond motifs is 3. The molecule has 0 unspecified atom stereocenters. The first-order chi connectivity index (χ1) is 18.7. The average molecular weight is 489 g/mol. The molecule has 0 aliphatic carbocycles. The number of para-hydroxylation sites is 1. The molecule has 7 aromatic rings. The molecule has 7 rings (SSSR count). The standard InChI is InChI=1S/C35H24N2O/c1-23-18-19-33-30(20-23)29-17-9-16-28(34(29)38-33)26-14-8-15-27(21-26)35-36-31(24-10-4-2-5-11-24)22-32(37-35)25-12-6-3-7-13-25/h2-22H,1H3. The SMILES string of the molecule is Cc1ccc2oc3c(-c4cccc(-c5nc(-c6ccccc6)cc(-c6ccccc6)n5)c4)cccc3c2c1. The molecule has 5 aromatic carbocycles. The van der Waals surface area contributed by atoms with Gasteiger partial charge in [0.1, 0.15) is 11.2 Å². The summed E-state index contributed by atoms with van der Waals surface area (Å²) in [5.74, 6) is 0.694. The summed E-state index contributed by atoms with van der Waals surface area (Å²) < 4.78 is 6.36. The molecule has 180 valence electrons. The highest BCUT2D eigenvalue weighted by molar-refractivity contribution is 6.09. The number of furan rings is 1. The van der Waals surface area contributed by atoms with E-state index in [0.717, 1.165) is 61.1 Å². The maximum atomic E-state index is 6.36. The third-order valence-electron chi connectivity index (χ3n) is 6.95. The largest absolute Gasteiger partial charge is 0.455 e. The molecule has 0 bridgehead atoms. The van der Waals surface area contributed by atoms with Crippen LogP contribution in [0.5, 0.6) is 0 Å². The summed E-state index contributed by atoms with van der Waals surface area (Å²) >= 11 is 0. The Bertz CT molecular complexity index is 1860. The summed E-state index contributed by atoms with van der Waals surface area (Å²) in [7, 11) is 0. The van der Waals surface area contributed by atoms with Crippen LogP contribution in [-0.4, -0.2) is 9.97 Å². The molecule has 3 heteroatoms. The Morgan fingerprint density at radius 1 is 0.500 bits per heavy atom. The van der Waals surface area contributed by atoms with Gasteiger partial charge in [0.15, 0.2) is 5.82 Å². The lowest BCUT2D eigenvalue weighted by Crippen LogP contribution is -1.96. The van der Waals surface area contributed by atoms with Crippen LogP contribution in [-0.2, 0) is 0 Å². The van der Waals surface area contributed by atoms with E-state index in [2.05, 4.69) is 97.9 Å². The zero-order chi connectivity index (χ0) is 25.5. The molecule has 0 aliphatic heterocycles. The molecule has 0 aliphatic rings. The number of hydrogen-bond donors (Lipinski definition) is 0. The van der Waals surface area contributed by atoms with Crippen LogP contribution in [0.3, 0.4) is 0 Å². The van der Waals surface area contributed by atoms with Crippen molar-refractivity contribution < 1.29 is 4.42 Å². The van der Waals surface area contributed by atoms with Gasteiger partial charge in [-0.05, 0) is 36.8 Å². The van der Waals surface area contributed by atoms with E-state index in [0.29, 0.717) is 5.82 Å². The fourth-order valence-electron chi connectivity index (χ4n) is 5.06. The molecule has 0 amide bonds. The summed E-state index contributed by atoms with van der Waals surface area (Å²) in [6.45, 7) is 2.11. The van der Waals surface area contributed by atoms with E-state index in [9.17, 15) is 0 Å². The quantitative estimate of drug-likeness (QED) is 0.248. The van der Waals surface area contributed by atoms with Crippen molar-refractivity contribution >= 4 is 21.9 Å². The highest BCUT2D eigenvalue weighted by Crippen LogP contribution is 2.37. The van der Waals surface area contributed by atoms with Gasteiger partial charge in [0.25, 0.3) is 0 Å². The van der Waals surface area contributed by atoms with Gasteiger partial charge in [-0.25, -0.2) is 9.97 Å². The van der Waals surface area contributed by atoms with E-state index in [1.807, 2.05) is 36.4 Å². The Kier molecular flexibility index (Phi) is 5.33. The molecule has 2 aromatic heterocycles. The van der Waals surface area contributed by atoms with Gasteiger partial charge >= 0.3 is 0 Å². The second kappa shape index (κ2) is 9.13. The maximum absolute atomic E-state index is 6.36. The smallest absolute Gasteiger partial charge is 0.160 e. The molecule has 0 fully saturated rings. The Morgan fingerprint density at radius 3 is 1.84 bits per heavy atom. The zero-order valence-electron chi connectivity index (χ0n) is 20.9. The normalized spacial score (nSPS) is 11.3. The van der Waals surface area contributed by atoms with E-state index in [1.165, 1.54) is 5.56 Å². The first kappa shape index (κ1) is 22.2. The Hall–Kier alpha value is -5.02. The number of hydrogen-bond acceptors (Lipinski definition) is 3. The number of rotatable bonds is 4. The van der Waals surface area contributed by atoms with Crippen molar-refractivity contribution in [2.45, 2.75) is 6.92 Å². The van der Waals surface area contributed by atoms with Gasteiger partial charge < -0.3 is 4.42 Å². The topological polar surface area (TPSA) is 38.9 Å². The van der Waals surface area contributed by atoms with Crippen LogP contribution >= 0.6 is 0 Å². The van der Waals surface area contributed by atoms with Gasteiger partial charge in [-0.15, -0.1) is 0 Å². The summed E-state index contributed by atoms with van der Waals surface area (Å²) in [6, 6.07) is 43.7. The number of benzene rings is 5. The third-order valence-corrected chi connectivity index (χ3v) is 6.95. The van der Waals surface area contributed by atoms with Crippen molar-refractivity contribution in [3.8, 4) is 45.0 Å². The Morgan fingerprint density at radius 2 is 1.13 bits per heavy atom. The van der Waals surface area contributed by atoms with E-state index in [1.54, 1.807) is 0 Å². The van der Waals surface area contributed by atoms with Crippen LogP contribution in [0.4, 0.5) is 0 Å². The summed E-state index contributed by atoms with van der Waals surface area (Å²) in [4.78, 5) is 10.0. The minimum atomic E-state index is 0.694. The monoisotopic (exact) mass is 488 g/mol. The van der Waals surface area contributed by atoms with Gasteiger partial charge in [0, 0.05) is 33.0 Å². The first-order valence-electron chi connectivity index (χ1n) is 12.8. The summed E-state index contributed by atoms with van der Waals surface area (Å²) in [6.07, 6.45) is 0. The molecule has 2 heterocycles. The van der Waals surface area contributed by atoms with Crippen LogP contribution in [0.25, 0.3) is 67.0 Å². The summed E-state index contributed by atoms with van der Waals surface area (Å²) in [5.41, 5.74) is 10.0. The fourth-order valence-corrected chi connectivity index (χ4v) is 5.06. The molecule has 0 spiro atoms. The Labute approximate surface area is 221 Å². The van der Waals surface area contributed by atoms with Crippen LogP contribution in [0, 0.1) is 6.92 Å². The van der Waals surface area contributed by atoms with E-state index >= 15 is 0 Å². The minimum absolute atomic E-state index is 0.694. The van der Waals surface area contributed by atoms with Gasteiger partial charge in [-0.1, -0.05) is 109 Å².